The molecule has 0 aliphatic carbocycles. The lowest BCUT2D eigenvalue weighted by Gasteiger charge is -2.08. The van der Waals surface area contributed by atoms with E-state index in [9.17, 15) is 4.79 Å². The normalized spacial score (nSPS) is 10.4. The highest BCUT2D eigenvalue weighted by Crippen LogP contribution is 2.25. The molecule has 2 rings (SSSR count). The van der Waals surface area contributed by atoms with E-state index in [-0.39, 0.29) is 10.7 Å². The second-order valence-electron chi connectivity index (χ2n) is 4.16. The van der Waals surface area contributed by atoms with E-state index in [2.05, 4.69) is 4.98 Å². The molecule has 4 heteroatoms. The molecule has 18 heavy (non-hydrogen) atoms. The summed E-state index contributed by atoms with van der Waals surface area (Å²) in [7, 11) is 0. The van der Waals surface area contributed by atoms with Gasteiger partial charge in [-0.05, 0) is 37.6 Å². The third-order valence-electron chi connectivity index (χ3n) is 2.75. The third kappa shape index (κ3) is 2.36. The Labute approximate surface area is 110 Å². The molecule has 0 aliphatic heterocycles. The molecule has 0 radical (unpaired) electrons. The van der Waals surface area contributed by atoms with Crippen LogP contribution < -0.4 is 0 Å². The molecule has 1 aromatic heterocycles. The van der Waals surface area contributed by atoms with Crippen LogP contribution in [-0.2, 0) is 0 Å². The number of hydrogen-bond donors (Lipinski definition) is 1. The summed E-state index contributed by atoms with van der Waals surface area (Å²) in [5.41, 5.74) is 3.87. The fraction of sp³-hybridized carbons (Fsp3) is 0.143. The largest absolute Gasteiger partial charge is 0.478 e. The molecule has 1 aromatic carbocycles. The molecular weight excluding hydrogens is 250 g/mol. The van der Waals surface area contributed by atoms with Crippen molar-refractivity contribution in [2.75, 3.05) is 0 Å². The predicted octanol–water partition coefficient (Wildman–Crippen LogP) is 3.72. The van der Waals surface area contributed by atoms with E-state index in [1.54, 1.807) is 6.07 Å². The van der Waals surface area contributed by atoms with Gasteiger partial charge in [-0.1, -0.05) is 29.3 Å². The summed E-state index contributed by atoms with van der Waals surface area (Å²) in [6.07, 6.45) is 0. The van der Waals surface area contributed by atoms with Crippen LogP contribution in [0.15, 0.2) is 30.3 Å². The van der Waals surface area contributed by atoms with Gasteiger partial charge in [0.25, 0.3) is 0 Å². The van der Waals surface area contributed by atoms with Crippen molar-refractivity contribution in [3.63, 3.8) is 0 Å². The van der Waals surface area contributed by atoms with Gasteiger partial charge in [0.1, 0.15) is 5.15 Å². The average molecular weight is 262 g/mol. The highest BCUT2D eigenvalue weighted by molar-refractivity contribution is 6.32. The second kappa shape index (κ2) is 4.78. The first-order chi connectivity index (χ1) is 8.49. The van der Waals surface area contributed by atoms with Crippen LogP contribution in [-0.4, -0.2) is 16.1 Å². The first kappa shape index (κ1) is 12.6. The molecule has 1 N–H and O–H groups in total. The Bertz CT molecular complexity index is 623. The van der Waals surface area contributed by atoms with Crippen molar-refractivity contribution in [1.82, 2.24) is 4.98 Å². The molecule has 0 aliphatic rings. The number of hydrogen-bond acceptors (Lipinski definition) is 2. The molecule has 0 saturated heterocycles. The number of carboxylic acids is 1. The van der Waals surface area contributed by atoms with Crippen molar-refractivity contribution in [1.29, 1.82) is 0 Å². The van der Waals surface area contributed by atoms with Crippen LogP contribution in [0.5, 0.6) is 0 Å². The maximum absolute atomic E-state index is 10.9. The van der Waals surface area contributed by atoms with Crippen LogP contribution in [0.2, 0.25) is 5.15 Å². The third-order valence-corrected chi connectivity index (χ3v) is 3.04. The van der Waals surface area contributed by atoms with Gasteiger partial charge in [-0.15, -0.1) is 0 Å². The van der Waals surface area contributed by atoms with Gasteiger partial charge >= 0.3 is 5.97 Å². The van der Waals surface area contributed by atoms with Gasteiger partial charge in [-0.25, -0.2) is 9.78 Å². The first-order valence-corrected chi connectivity index (χ1v) is 5.84. The molecule has 0 fully saturated rings. The Balaban J connectivity index is 2.55. The lowest BCUT2D eigenvalue weighted by atomic mass is 10.0. The molecule has 2 aromatic rings. The van der Waals surface area contributed by atoms with Crippen LogP contribution in [0, 0.1) is 13.8 Å². The van der Waals surface area contributed by atoms with Gasteiger partial charge in [-0.2, -0.15) is 0 Å². The maximum Gasteiger partial charge on any atom is 0.338 e. The standard InChI is InChI=1S/C14H12ClNO2/c1-8-3-4-9(2)11(7-8)12-6-5-10(14(17)18)13(15)16-12/h3-7H,1-2H3,(H,17,18). The highest BCUT2D eigenvalue weighted by atomic mass is 35.5. The number of aromatic nitrogens is 1. The number of pyridine rings is 1. The van der Waals surface area contributed by atoms with E-state index in [4.69, 9.17) is 16.7 Å². The summed E-state index contributed by atoms with van der Waals surface area (Å²) >= 11 is 5.87. The molecule has 0 amide bonds. The fourth-order valence-electron chi connectivity index (χ4n) is 1.76. The minimum Gasteiger partial charge on any atom is -0.478 e. The predicted molar refractivity (Wildman–Crippen MR) is 71.1 cm³/mol. The topological polar surface area (TPSA) is 50.2 Å². The van der Waals surface area contributed by atoms with Gasteiger partial charge in [0.15, 0.2) is 0 Å². The number of carbonyl (C=O) groups is 1. The van der Waals surface area contributed by atoms with Gasteiger partial charge in [0.05, 0.1) is 11.3 Å². The van der Waals surface area contributed by atoms with Crippen LogP contribution in [0.1, 0.15) is 21.5 Å². The van der Waals surface area contributed by atoms with Crippen LogP contribution >= 0.6 is 11.6 Å². The van der Waals surface area contributed by atoms with Crippen LogP contribution in [0.3, 0.4) is 0 Å². The molecule has 3 nitrogen and oxygen atoms in total. The van der Waals surface area contributed by atoms with Crippen LogP contribution in [0.4, 0.5) is 0 Å². The molecule has 0 spiro atoms. The summed E-state index contributed by atoms with van der Waals surface area (Å²) in [5.74, 6) is -1.07. The minimum atomic E-state index is -1.07. The molecule has 0 bridgehead atoms. The van der Waals surface area contributed by atoms with Crippen molar-refractivity contribution in [3.8, 4) is 11.3 Å². The smallest absolute Gasteiger partial charge is 0.338 e. The monoisotopic (exact) mass is 261 g/mol. The van der Waals surface area contributed by atoms with E-state index in [0.29, 0.717) is 5.69 Å². The van der Waals surface area contributed by atoms with Crippen molar-refractivity contribution < 1.29 is 9.90 Å². The summed E-state index contributed by atoms with van der Waals surface area (Å²) < 4.78 is 0. The fourth-order valence-corrected chi connectivity index (χ4v) is 1.99. The van der Waals surface area contributed by atoms with Crippen LogP contribution in [0.25, 0.3) is 11.3 Å². The maximum atomic E-state index is 10.9. The SMILES string of the molecule is Cc1ccc(C)c(-c2ccc(C(=O)O)c(Cl)n2)c1. The summed E-state index contributed by atoms with van der Waals surface area (Å²) in [4.78, 5) is 15.0. The lowest BCUT2D eigenvalue weighted by molar-refractivity contribution is 0.0696. The number of rotatable bonds is 2. The number of halogens is 1. The van der Waals surface area contributed by atoms with Gasteiger partial charge < -0.3 is 5.11 Å². The zero-order valence-corrected chi connectivity index (χ0v) is 10.8. The first-order valence-electron chi connectivity index (χ1n) is 5.46. The van der Waals surface area contributed by atoms with Gasteiger partial charge in [0, 0.05) is 5.56 Å². The van der Waals surface area contributed by atoms with Crippen molar-refractivity contribution in [2.45, 2.75) is 13.8 Å². The molecule has 0 atom stereocenters. The number of aryl methyl sites for hydroxylation is 2. The lowest BCUT2D eigenvalue weighted by Crippen LogP contribution is -2.00. The van der Waals surface area contributed by atoms with Crippen molar-refractivity contribution in [2.24, 2.45) is 0 Å². The Kier molecular flexibility index (Phi) is 3.34. The molecule has 0 saturated carbocycles. The zero-order chi connectivity index (χ0) is 13.3. The molecular formula is C14H12ClNO2. The summed E-state index contributed by atoms with van der Waals surface area (Å²) in [6.45, 7) is 3.98. The Morgan fingerprint density at radius 3 is 2.56 bits per heavy atom. The number of benzene rings is 1. The number of carboxylic acid groups (broad SMARTS) is 1. The Morgan fingerprint density at radius 1 is 1.22 bits per heavy atom. The Hall–Kier alpha value is -1.87. The zero-order valence-electron chi connectivity index (χ0n) is 10.1. The molecule has 0 unspecified atom stereocenters. The van der Waals surface area contributed by atoms with Crippen molar-refractivity contribution >= 4 is 17.6 Å². The highest BCUT2D eigenvalue weighted by Gasteiger charge is 2.12. The van der Waals surface area contributed by atoms with E-state index in [1.165, 1.54) is 6.07 Å². The second-order valence-corrected chi connectivity index (χ2v) is 4.52. The van der Waals surface area contributed by atoms with Gasteiger partial charge in [0.2, 0.25) is 0 Å². The minimum absolute atomic E-state index is 0.0147. The van der Waals surface area contributed by atoms with Gasteiger partial charge in [-0.3, -0.25) is 0 Å². The Morgan fingerprint density at radius 2 is 1.94 bits per heavy atom. The van der Waals surface area contributed by atoms with E-state index >= 15 is 0 Å². The summed E-state index contributed by atoms with van der Waals surface area (Å²) in [6, 6.07) is 9.19. The molecule has 92 valence electrons. The molecule has 1 heterocycles. The van der Waals surface area contributed by atoms with E-state index in [0.717, 1.165) is 16.7 Å². The van der Waals surface area contributed by atoms with E-state index in [1.807, 2.05) is 32.0 Å². The van der Waals surface area contributed by atoms with Crippen molar-refractivity contribution in [3.05, 3.63) is 52.2 Å². The number of aromatic carboxylic acids is 1. The number of nitrogens with zero attached hydrogens (tertiary/aromatic N) is 1. The van der Waals surface area contributed by atoms with E-state index < -0.39 is 5.97 Å². The average Bonchev–Trinajstić information content (AvgIpc) is 2.31. The quantitative estimate of drug-likeness (QED) is 0.839. The summed E-state index contributed by atoms with van der Waals surface area (Å²) in [5, 5.41) is 8.92.